The summed E-state index contributed by atoms with van der Waals surface area (Å²) in [6.07, 6.45) is 5.65. The summed E-state index contributed by atoms with van der Waals surface area (Å²) in [5, 5.41) is 8.10. The number of Topliss-reactive ketones (excluding diaryl/α,β-unsaturated/α-hetero) is 1. The summed E-state index contributed by atoms with van der Waals surface area (Å²) < 4.78 is 7.40. The lowest BCUT2D eigenvalue weighted by Crippen LogP contribution is -2.31. The second-order valence-corrected chi connectivity index (χ2v) is 6.88. The highest BCUT2D eigenvalue weighted by Gasteiger charge is 2.38. The number of allylic oxidation sites excluding steroid dienone is 2. The fourth-order valence-corrected chi connectivity index (χ4v) is 3.96. The molecule has 0 radical (unpaired) electrons. The Morgan fingerprint density at radius 3 is 2.79 bits per heavy atom. The summed E-state index contributed by atoms with van der Waals surface area (Å²) in [6, 6.07) is 11.2. The van der Waals surface area contributed by atoms with E-state index >= 15 is 0 Å². The number of rotatable bonds is 3. The summed E-state index contributed by atoms with van der Waals surface area (Å²) in [7, 11) is 1.64. The molecule has 0 bridgehead atoms. The van der Waals surface area contributed by atoms with Crippen molar-refractivity contribution in [2.45, 2.75) is 25.3 Å². The van der Waals surface area contributed by atoms with Crippen LogP contribution in [0.4, 0.5) is 5.95 Å². The van der Waals surface area contributed by atoms with Gasteiger partial charge in [0.05, 0.1) is 7.11 Å². The summed E-state index contributed by atoms with van der Waals surface area (Å²) in [6.45, 7) is 0. The van der Waals surface area contributed by atoms with Crippen LogP contribution in [0, 0.1) is 0 Å². The molecule has 2 aliphatic rings. The van der Waals surface area contributed by atoms with Crippen molar-refractivity contribution in [3.8, 4) is 17.1 Å². The second kappa shape index (κ2) is 6.60. The Morgan fingerprint density at radius 1 is 1.14 bits per heavy atom. The number of methoxy groups -OCH3 is 1. The van der Waals surface area contributed by atoms with Gasteiger partial charge in [-0.05, 0) is 31.0 Å². The third kappa shape index (κ3) is 2.58. The second-order valence-electron chi connectivity index (χ2n) is 6.88. The third-order valence-electron chi connectivity index (χ3n) is 5.24. The van der Waals surface area contributed by atoms with Gasteiger partial charge in [-0.15, -0.1) is 5.10 Å². The number of benzene rings is 1. The lowest BCUT2D eigenvalue weighted by Gasteiger charge is -2.32. The summed E-state index contributed by atoms with van der Waals surface area (Å²) in [5.41, 5.74) is 3.48. The first-order valence-corrected chi connectivity index (χ1v) is 9.29. The van der Waals surface area contributed by atoms with Crippen LogP contribution in [0.2, 0.25) is 0 Å². The lowest BCUT2D eigenvalue weighted by molar-refractivity contribution is -0.116. The highest BCUT2D eigenvalue weighted by atomic mass is 16.5. The Labute approximate surface area is 162 Å². The number of fused-ring (bicyclic) bond motifs is 1. The minimum absolute atomic E-state index is 0.149. The molecule has 1 atom stereocenters. The first-order valence-electron chi connectivity index (χ1n) is 9.29. The molecular weight excluding hydrogens is 354 g/mol. The van der Waals surface area contributed by atoms with Crippen LogP contribution in [0.1, 0.15) is 30.9 Å². The van der Waals surface area contributed by atoms with Crippen LogP contribution in [0.3, 0.4) is 0 Å². The van der Waals surface area contributed by atoms with E-state index in [1.54, 1.807) is 24.2 Å². The molecule has 0 fully saturated rings. The molecule has 0 amide bonds. The predicted molar refractivity (Wildman–Crippen MR) is 104 cm³/mol. The highest BCUT2D eigenvalue weighted by Crippen LogP contribution is 2.43. The van der Waals surface area contributed by atoms with E-state index in [4.69, 9.17) is 14.8 Å². The van der Waals surface area contributed by atoms with Crippen molar-refractivity contribution in [2.24, 2.45) is 0 Å². The Hall–Kier alpha value is -3.48. The Kier molecular flexibility index (Phi) is 3.93. The zero-order valence-corrected chi connectivity index (χ0v) is 15.4. The van der Waals surface area contributed by atoms with Crippen molar-refractivity contribution in [1.82, 2.24) is 19.7 Å². The largest absolute Gasteiger partial charge is 0.496 e. The SMILES string of the molecule is COc1ccccc1C1C2=C(CCCC2=O)Nc2nc(-c3ccncc3)nn21. The summed E-state index contributed by atoms with van der Waals surface area (Å²) in [4.78, 5) is 21.6. The van der Waals surface area contributed by atoms with Crippen LogP contribution in [-0.2, 0) is 4.79 Å². The number of carbonyl (C=O) groups excluding carboxylic acids is 1. The number of anilines is 1. The molecule has 0 spiro atoms. The highest BCUT2D eigenvalue weighted by molar-refractivity contribution is 5.99. The lowest BCUT2D eigenvalue weighted by atomic mass is 9.85. The van der Waals surface area contributed by atoms with Gasteiger partial charge in [0.2, 0.25) is 5.95 Å². The molecule has 1 aliphatic carbocycles. The van der Waals surface area contributed by atoms with E-state index in [2.05, 4.69) is 10.3 Å². The van der Waals surface area contributed by atoms with Gasteiger partial charge in [-0.25, -0.2) is 4.68 Å². The van der Waals surface area contributed by atoms with Crippen LogP contribution in [0.15, 0.2) is 60.1 Å². The van der Waals surface area contributed by atoms with E-state index in [9.17, 15) is 4.79 Å². The Bertz CT molecular complexity index is 1090. The fraction of sp³-hybridized carbons (Fsp3) is 0.238. The predicted octanol–water partition coefficient (Wildman–Crippen LogP) is 3.37. The van der Waals surface area contributed by atoms with Crippen molar-refractivity contribution in [2.75, 3.05) is 12.4 Å². The topological polar surface area (TPSA) is 81.9 Å². The molecule has 0 saturated heterocycles. The zero-order valence-electron chi connectivity index (χ0n) is 15.4. The average molecular weight is 373 g/mol. The van der Waals surface area contributed by atoms with Gasteiger partial charge < -0.3 is 10.1 Å². The standard InChI is InChI=1S/C21H19N5O2/c1-28-17-8-3-2-5-14(17)19-18-15(6-4-7-16(18)27)23-21-24-20(25-26(19)21)13-9-11-22-12-10-13/h2-3,5,8-12,19H,4,6-7H2,1H3,(H,23,24,25). The number of ether oxygens (including phenoxy) is 1. The molecule has 1 unspecified atom stereocenters. The molecule has 3 aromatic rings. The first kappa shape index (κ1) is 16.7. The van der Waals surface area contributed by atoms with Gasteiger partial charge in [0.1, 0.15) is 11.8 Å². The molecule has 28 heavy (non-hydrogen) atoms. The van der Waals surface area contributed by atoms with Gasteiger partial charge in [-0.3, -0.25) is 9.78 Å². The van der Waals surface area contributed by atoms with E-state index in [0.717, 1.165) is 41.0 Å². The molecule has 5 rings (SSSR count). The number of pyridine rings is 1. The van der Waals surface area contributed by atoms with Crippen molar-refractivity contribution < 1.29 is 9.53 Å². The zero-order chi connectivity index (χ0) is 19.1. The molecule has 1 N–H and O–H groups in total. The minimum Gasteiger partial charge on any atom is -0.496 e. The normalized spacial score (nSPS) is 18.3. The van der Waals surface area contributed by atoms with Gasteiger partial charge in [-0.2, -0.15) is 4.98 Å². The monoisotopic (exact) mass is 373 g/mol. The number of nitrogens with zero attached hydrogens (tertiary/aromatic N) is 4. The maximum atomic E-state index is 12.9. The molecule has 7 nitrogen and oxygen atoms in total. The summed E-state index contributed by atoms with van der Waals surface area (Å²) >= 11 is 0. The number of carbonyl (C=O) groups is 1. The third-order valence-corrected chi connectivity index (χ3v) is 5.24. The quantitative estimate of drug-likeness (QED) is 0.758. The van der Waals surface area contributed by atoms with Gasteiger partial charge in [0, 0.05) is 41.2 Å². The number of aromatic nitrogens is 4. The number of para-hydroxylation sites is 1. The fourth-order valence-electron chi connectivity index (χ4n) is 3.96. The van der Waals surface area contributed by atoms with Gasteiger partial charge in [-0.1, -0.05) is 18.2 Å². The molecule has 1 aromatic carbocycles. The van der Waals surface area contributed by atoms with E-state index in [0.29, 0.717) is 18.2 Å². The number of ketones is 1. The Morgan fingerprint density at radius 2 is 1.96 bits per heavy atom. The molecule has 0 saturated carbocycles. The van der Waals surface area contributed by atoms with Crippen LogP contribution >= 0.6 is 0 Å². The van der Waals surface area contributed by atoms with Crippen LogP contribution in [0.5, 0.6) is 5.75 Å². The van der Waals surface area contributed by atoms with Gasteiger partial charge >= 0.3 is 0 Å². The van der Waals surface area contributed by atoms with E-state index in [1.165, 1.54) is 0 Å². The van der Waals surface area contributed by atoms with Gasteiger partial charge in [0.25, 0.3) is 0 Å². The number of hydrogen-bond donors (Lipinski definition) is 1. The first-order chi connectivity index (χ1) is 13.8. The van der Waals surface area contributed by atoms with Crippen LogP contribution < -0.4 is 10.1 Å². The van der Waals surface area contributed by atoms with Crippen LogP contribution in [0.25, 0.3) is 11.4 Å². The van der Waals surface area contributed by atoms with Crippen molar-refractivity contribution in [3.63, 3.8) is 0 Å². The van der Waals surface area contributed by atoms with Crippen molar-refractivity contribution in [1.29, 1.82) is 0 Å². The molecule has 2 aromatic heterocycles. The maximum Gasteiger partial charge on any atom is 0.226 e. The van der Waals surface area contributed by atoms with E-state index in [-0.39, 0.29) is 11.8 Å². The van der Waals surface area contributed by atoms with Gasteiger partial charge in [0.15, 0.2) is 11.6 Å². The van der Waals surface area contributed by atoms with E-state index in [1.807, 2.05) is 36.4 Å². The maximum absolute atomic E-state index is 12.9. The van der Waals surface area contributed by atoms with E-state index < -0.39 is 0 Å². The number of nitrogens with one attached hydrogen (secondary N) is 1. The van der Waals surface area contributed by atoms with Crippen molar-refractivity contribution >= 4 is 11.7 Å². The molecular formula is C21H19N5O2. The average Bonchev–Trinajstić information content (AvgIpc) is 3.17. The Balaban J connectivity index is 1.72. The molecule has 1 aliphatic heterocycles. The molecule has 3 heterocycles. The molecule has 140 valence electrons. The van der Waals surface area contributed by atoms with Crippen molar-refractivity contribution in [3.05, 3.63) is 65.6 Å². The summed E-state index contributed by atoms with van der Waals surface area (Å²) in [5.74, 6) is 2.11. The number of hydrogen-bond acceptors (Lipinski definition) is 6. The minimum atomic E-state index is -0.363. The molecule has 7 heteroatoms. The van der Waals surface area contributed by atoms with Crippen LogP contribution in [-0.4, -0.2) is 32.6 Å². The smallest absolute Gasteiger partial charge is 0.226 e.